The highest BCUT2D eigenvalue weighted by Gasteiger charge is 2.15. The fourth-order valence-corrected chi connectivity index (χ4v) is 4.71. The minimum atomic E-state index is 0.655. The van der Waals surface area contributed by atoms with Gasteiger partial charge in [-0.05, 0) is 38.6 Å². The zero-order chi connectivity index (χ0) is 21.6. The van der Waals surface area contributed by atoms with Crippen LogP contribution in [0.5, 0.6) is 11.5 Å². The lowest BCUT2D eigenvalue weighted by Gasteiger charge is -2.32. The number of methoxy groups -OCH3 is 1. The summed E-state index contributed by atoms with van der Waals surface area (Å²) < 4.78 is 11.7. The number of hydrogen-bond acceptors (Lipinski definition) is 7. The fourth-order valence-electron chi connectivity index (χ4n) is 3.73. The van der Waals surface area contributed by atoms with Gasteiger partial charge in [-0.1, -0.05) is 29.5 Å². The number of aryl methyl sites for hydroxylation is 1. The van der Waals surface area contributed by atoms with Crippen molar-refractivity contribution in [2.75, 3.05) is 53.5 Å². The summed E-state index contributed by atoms with van der Waals surface area (Å²) in [6, 6.07) is 12.4. The van der Waals surface area contributed by atoms with Crippen molar-refractivity contribution in [3.63, 3.8) is 0 Å². The first kappa shape index (κ1) is 21.9. The third-order valence-corrected chi connectivity index (χ3v) is 6.57. The Bertz CT molecular complexity index is 1020. The summed E-state index contributed by atoms with van der Waals surface area (Å²) in [5, 5.41) is 1.89. The van der Waals surface area contributed by atoms with Gasteiger partial charge in [-0.15, -0.1) is 0 Å². The van der Waals surface area contributed by atoms with E-state index >= 15 is 0 Å². The number of rotatable bonds is 8. The van der Waals surface area contributed by atoms with E-state index in [2.05, 4.69) is 58.0 Å². The molecule has 0 bridgehead atoms. The molecule has 0 atom stereocenters. The summed E-state index contributed by atoms with van der Waals surface area (Å²) >= 11 is 1.64. The molecule has 4 rings (SSSR count). The quantitative estimate of drug-likeness (QED) is 0.387. The fraction of sp³-hybridized carbons (Fsp3) is 0.417. The van der Waals surface area contributed by atoms with E-state index in [4.69, 9.17) is 9.47 Å². The standard InChI is InChI=1S/C24H30N4O2S/c1-18-6-4-7-19(14-18)31-24-20-15-23(22(29-3)16-21(20)25-17-26-24)30-13-5-8-28-11-9-27(2)10-12-28/h4,6-7,14-17H,5,8-13H2,1-3H3. The maximum Gasteiger partial charge on any atom is 0.162 e. The molecule has 0 amide bonds. The van der Waals surface area contributed by atoms with Crippen LogP contribution in [0.4, 0.5) is 0 Å². The molecule has 0 radical (unpaired) electrons. The number of nitrogens with zero attached hydrogens (tertiary/aromatic N) is 4. The third-order valence-electron chi connectivity index (χ3n) is 5.56. The summed E-state index contributed by atoms with van der Waals surface area (Å²) in [5.74, 6) is 1.45. The molecule has 31 heavy (non-hydrogen) atoms. The Balaban J connectivity index is 1.47. The second-order valence-corrected chi connectivity index (χ2v) is 9.03. The Kier molecular flexibility index (Phi) is 7.27. The number of likely N-dealkylation sites (N-methyl/N-ethyl adjacent to an activating group) is 1. The van der Waals surface area contributed by atoms with E-state index in [1.54, 1.807) is 25.2 Å². The number of aromatic nitrogens is 2. The van der Waals surface area contributed by atoms with Crippen LogP contribution in [0.15, 0.2) is 52.6 Å². The lowest BCUT2D eigenvalue weighted by Crippen LogP contribution is -2.44. The first-order chi connectivity index (χ1) is 15.1. The van der Waals surface area contributed by atoms with Crippen LogP contribution in [0.2, 0.25) is 0 Å². The smallest absolute Gasteiger partial charge is 0.162 e. The van der Waals surface area contributed by atoms with Gasteiger partial charge >= 0.3 is 0 Å². The van der Waals surface area contributed by atoms with E-state index in [1.807, 2.05) is 12.1 Å². The molecular weight excluding hydrogens is 408 g/mol. The van der Waals surface area contributed by atoms with Gasteiger partial charge < -0.3 is 19.3 Å². The zero-order valence-electron chi connectivity index (χ0n) is 18.5. The van der Waals surface area contributed by atoms with Gasteiger partial charge in [0.2, 0.25) is 0 Å². The van der Waals surface area contributed by atoms with E-state index in [9.17, 15) is 0 Å². The van der Waals surface area contributed by atoms with Crippen molar-refractivity contribution in [1.82, 2.24) is 19.8 Å². The highest BCUT2D eigenvalue weighted by molar-refractivity contribution is 7.99. The number of ether oxygens (including phenoxy) is 2. The first-order valence-corrected chi connectivity index (χ1v) is 11.5. The Hall–Kier alpha value is -2.35. The molecule has 0 N–H and O–H groups in total. The van der Waals surface area contributed by atoms with Crippen LogP contribution >= 0.6 is 11.8 Å². The molecule has 164 valence electrons. The molecule has 1 aliphatic heterocycles. The van der Waals surface area contributed by atoms with Gasteiger partial charge in [-0.3, -0.25) is 0 Å². The van der Waals surface area contributed by atoms with Crippen LogP contribution in [0, 0.1) is 6.92 Å². The number of piperazine rings is 1. The molecule has 3 aromatic rings. The summed E-state index contributed by atoms with van der Waals surface area (Å²) in [6.07, 6.45) is 2.59. The average molecular weight is 439 g/mol. The van der Waals surface area contributed by atoms with E-state index in [1.165, 1.54) is 5.56 Å². The molecular formula is C24H30N4O2S. The molecule has 1 fully saturated rings. The van der Waals surface area contributed by atoms with Crippen molar-refractivity contribution >= 4 is 22.7 Å². The molecule has 2 heterocycles. The maximum atomic E-state index is 6.15. The number of benzene rings is 2. The van der Waals surface area contributed by atoms with Gasteiger partial charge in [0.25, 0.3) is 0 Å². The van der Waals surface area contributed by atoms with Crippen LogP contribution in [-0.2, 0) is 0 Å². The van der Waals surface area contributed by atoms with Crippen molar-refractivity contribution in [2.24, 2.45) is 0 Å². The lowest BCUT2D eigenvalue weighted by atomic mass is 10.2. The Morgan fingerprint density at radius 2 is 1.87 bits per heavy atom. The van der Waals surface area contributed by atoms with Crippen LogP contribution < -0.4 is 9.47 Å². The molecule has 1 aromatic heterocycles. The second kappa shape index (κ2) is 10.3. The highest BCUT2D eigenvalue weighted by atomic mass is 32.2. The topological polar surface area (TPSA) is 50.7 Å². The molecule has 7 heteroatoms. The van der Waals surface area contributed by atoms with Gasteiger partial charge in [0.1, 0.15) is 11.4 Å². The van der Waals surface area contributed by atoms with Crippen LogP contribution in [0.1, 0.15) is 12.0 Å². The summed E-state index contributed by atoms with van der Waals surface area (Å²) in [5.41, 5.74) is 2.08. The van der Waals surface area contributed by atoms with E-state index in [0.717, 1.165) is 65.7 Å². The molecule has 0 aliphatic carbocycles. The van der Waals surface area contributed by atoms with Gasteiger partial charge in [0.05, 0.1) is 19.2 Å². The number of hydrogen-bond donors (Lipinski definition) is 0. The molecule has 6 nitrogen and oxygen atoms in total. The lowest BCUT2D eigenvalue weighted by molar-refractivity contribution is 0.145. The first-order valence-electron chi connectivity index (χ1n) is 10.7. The molecule has 0 unspecified atom stereocenters. The average Bonchev–Trinajstić information content (AvgIpc) is 2.78. The second-order valence-electron chi connectivity index (χ2n) is 7.96. The van der Waals surface area contributed by atoms with E-state index in [-0.39, 0.29) is 0 Å². The van der Waals surface area contributed by atoms with Crippen molar-refractivity contribution in [3.05, 3.63) is 48.3 Å². The minimum absolute atomic E-state index is 0.655. The third kappa shape index (κ3) is 5.67. The maximum absolute atomic E-state index is 6.15. The summed E-state index contributed by atoms with van der Waals surface area (Å²) in [6.45, 7) is 8.35. The van der Waals surface area contributed by atoms with Crippen molar-refractivity contribution < 1.29 is 9.47 Å². The van der Waals surface area contributed by atoms with Gasteiger partial charge in [0, 0.05) is 49.1 Å². The predicted molar refractivity (Wildman–Crippen MR) is 125 cm³/mol. The van der Waals surface area contributed by atoms with Crippen molar-refractivity contribution in [1.29, 1.82) is 0 Å². The number of fused-ring (bicyclic) bond motifs is 1. The van der Waals surface area contributed by atoms with Crippen molar-refractivity contribution in [2.45, 2.75) is 23.3 Å². The largest absolute Gasteiger partial charge is 0.493 e. The predicted octanol–water partition coefficient (Wildman–Crippen LogP) is 4.11. The van der Waals surface area contributed by atoms with Gasteiger partial charge in [-0.2, -0.15) is 0 Å². The Morgan fingerprint density at radius 1 is 1.03 bits per heavy atom. The van der Waals surface area contributed by atoms with Gasteiger partial charge in [0.15, 0.2) is 11.5 Å². The van der Waals surface area contributed by atoms with Crippen LogP contribution in [0.25, 0.3) is 10.9 Å². The highest BCUT2D eigenvalue weighted by Crippen LogP contribution is 2.37. The minimum Gasteiger partial charge on any atom is -0.493 e. The molecule has 0 saturated carbocycles. The summed E-state index contributed by atoms with van der Waals surface area (Å²) in [4.78, 5) is 15.0. The Labute approximate surface area is 188 Å². The zero-order valence-corrected chi connectivity index (χ0v) is 19.3. The van der Waals surface area contributed by atoms with E-state index < -0.39 is 0 Å². The van der Waals surface area contributed by atoms with Crippen molar-refractivity contribution in [3.8, 4) is 11.5 Å². The molecule has 1 aliphatic rings. The SMILES string of the molecule is COc1cc2ncnc(Sc3cccc(C)c3)c2cc1OCCCN1CCN(C)CC1. The molecule has 1 saturated heterocycles. The Morgan fingerprint density at radius 3 is 2.65 bits per heavy atom. The van der Waals surface area contributed by atoms with Gasteiger partial charge in [-0.25, -0.2) is 9.97 Å². The molecule has 0 spiro atoms. The van der Waals surface area contributed by atoms with E-state index in [0.29, 0.717) is 12.4 Å². The summed E-state index contributed by atoms with van der Waals surface area (Å²) in [7, 11) is 3.85. The molecule has 2 aromatic carbocycles. The monoisotopic (exact) mass is 438 g/mol. The normalized spacial score (nSPS) is 15.3. The van der Waals surface area contributed by atoms with Crippen LogP contribution in [-0.4, -0.2) is 73.3 Å². The van der Waals surface area contributed by atoms with Crippen LogP contribution in [0.3, 0.4) is 0 Å².